The molecule has 0 aliphatic carbocycles. The van der Waals surface area contributed by atoms with Gasteiger partial charge in [0, 0.05) is 43.8 Å². The van der Waals surface area contributed by atoms with Crippen molar-refractivity contribution in [3.63, 3.8) is 0 Å². The van der Waals surface area contributed by atoms with Crippen LogP contribution in [0, 0.1) is 0 Å². The van der Waals surface area contributed by atoms with Crippen LogP contribution in [0.3, 0.4) is 0 Å². The lowest BCUT2D eigenvalue weighted by atomic mass is 10.1. The van der Waals surface area contributed by atoms with Crippen molar-refractivity contribution < 1.29 is 9.53 Å². The normalized spacial score (nSPS) is 16.6. The van der Waals surface area contributed by atoms with E-state index in [1.54, 1.807) is 18.5 Å². The van der Waals surface area contributed by atoms with Gasteiger partial charge in [0.1, 0.15) is 11.1 Å². The van der Waals surface area contributed by atoms with Crippen LogP contribution in [0.25, 0.3) is 16.6 Å². The fraction of sp³-hybridized carbons (Fsp3) is 0.167. The number of nitrogens with two attached hydrogens (primary N) is 1. The molecule has 0 radical (unpaired) electrons. The molecule has 2 aliphatic rings. The molecule has 4 heterocycles. The van der Waals surface area contributed by atoms with Crippen molar-refractivity contribution in [3.8, 4) is 17.2 Å². The molecule has 8 nitrogen and oxygen atoms in total. The Balaban J connectivity index is 1.54. The van der Waals surface area contributed by atoms with Gasteiger partial charge in [-0.15, -0.1) is 0 Å². The Hall–Kier alpha value is -4.20. The largest absolute Gasteiger partial charge is 0.451 e. The third kappa shape index (κ3) is 2.69. The molecule has 0 bridgehead atoms. The van der Waals surface area contributed by atoms with Crippen molar-refractivity contribution in [3.05, 3.63) is 82.7 Å². The van der Waals surface area contributed by atoms with Crippen molar-refractivity contribution in [2.75, 3.05) is 18.0 Å². The molecular formula is C24H19N5O3. The lowest BCUT2D eigenvalue weighted by molar-refractivity contribution is 0.0999. The van der Waals surface area contributed by atoms with Gasteiger partial charge in [-0.25, -0.2) is 0 Å². The number of anilines is 1. The number of primary amides is 1. The van der Waals surface area contributed by atoms with Gasteiger partial charge in [0.05, 0.1) is 22.5 Å². The predicted octanol–water partition coefficient (Wildman–Crippen LogP) is 2.98. The number of carbonyl (C=O) groups excluding carboxylic acids is 1. The lowest BCUT2D eigenvalue weighted by Gasteiger charge is -2.28. The molecule has 1 unspecified atom stereocenters. The predicted molar refractivity (Wildman–Crippen MR) is 120 cm³/mol. The second-order valence-electron chi connectivity index (χ2n) is 8.05. The van der Waals surface area contributed by atoms with Crippen molar-refractivity contribution in [2.24, 2.45) is 5.73 Å². The number of benzene rings is 2. The Morgan fingerprint density at radius 3 is 2.81 bits per heavy atom. The number of hydrogen-bond acceptors (Lipinski definition) is 6. The zero-order valence-corrected chi connectivity index (χ0v) is 17.1. The molecule has 2 aromatic heterocycles. The first-order valence-electron chi connectivity index (χ1n) is 10.4. The Labute approximate surface area is 182 Å². The quantitative estimate of drug-likeness (QED) is 0.477. The topological polar surface area (TPSA) is 103 Å². The van der Waals surface area contributed by atoms with Gasteiger partial charge in [0.15, 0.2) is 11.5 Å². The van der Waals surface area contributed by atoms with E-state index in [2.05, 4.69) is 14.9 Å². The maximum absolute atomic E-state index is 13.0. The second-order valence-corrected chi connectivity index (χ2v) is 8.05. The highest BCUT2D eigenvalue weighted by Gasteiger charge is 2.31. The molecule has 1 saturated heterocycles. The molecule has 1 atom stereocenters. The molecule has 1 fully saturated rings. The second kappa shape index (κ2) is 6.91. The Morgan fingerprint density at radius 2 is 2.00 bits per heavy atom. The minimum Gasteiger partial charge on any atom is -0.451 e. The first-order chi connectivity index (χ1) is 15.6. The number of ether oxygens (including phenoxy) is 1. The molecule has 8 heteroatoms. The highest BCUT2D eigenvalue weighted by Crippen LogP contribution is 2.46. The molecule has 0 saturated carbocycles. The fourth-order valence-corrected chi connectivity index (χ4v) is 4.69. The third-order valence-electron chi connectivity index (χ3n) is 6.23. The van der Waals surface area contributed by atoms with Gasteiger partial charge in [-0.1, -0.05) is 12.1 Å². The van der Waals surface area contributed by atoms with Gasteiger partial charge < -0.3 is 19.9 Å². The first kappa shape index (κ1) is 18.6. The van der Waals surface area contributed by atoms with Crippen LogP contribution in [0.1, 0.15) is 28.4 Å². The number of hydrogen-bond donors (Lipinski definition) is 1. The summed E-state index contributed by atoms with van der Waals surface area (Å²) >= 11 is 0. The van der Waals surface area contributed by atoms with Gasteiger partial charge in [0.2, 0.25) is 5.43 Å². The lowest BCUT2D eigenvalue weighted by Crippen LogP contribution is -2.26. The number of pyridine rings is 1. The maximum Gasteiger partial charge on any atom is 0.254 e. The van der Waals surface area contributed by atoms with Gasteiger partial charge in [0.25, 0.3) is 5.91 Å². The van der Waals surface area contributed by atoms with Crippen LogP contribution < -0.4 is 20.8 Å². The molecule has 158 valence electrons. The summed E-state index contributed by atoms with van der Waals surface area (Å²) in [5.41, 5.74) is 8.33. The summed E-state index contributed by atoms with van der Waals surface area (Å²) in [6.07, 6.45) is 7.67. The van der Waals surface area contributed by atoms with E-state index < -0.39 is 11.3 Å². The minimum absolute atomic E-state index is 0.0446. The van der Waals surface area contributed by atoms with Gasteiger partial charge >= 0.3 is 0 Å². The minimum atomic E-state index is -0.749. The summed E-state index contributed by atoms with van der Waals surface area (Å²) in [6.45, 7) is 1.60. The summed E-state index contributed by atoms with van der Waals surface area (Å²) in [4.78, 5) is 35.9. The van der Waals surface area contributed by atoms with E-state index >= 15 is 0 Å². The molecule has 32 heavy (non-hydrogen) atoms. The van der Waals surface area contributed by atoms with Crippen molar-refractivity contribution in [1.29, 1.82) is 0 Å². The fourth-order valence-electron chi connectivity index (χ4n) is 4.69. The van der Waals surface area contributed by atoms with Gasteiger partial charge in [-0.2, -0.15) is 0 Å². The van der Waals surface area contributed by atoms with E-state index in [-0.39, 0.29) is 11.5 Å². The number of carbonyl (C=O) groups is 1. The van der Waals surface area contributed by atoms with Crippen molar-refractivity contribution >= 4 is 22.5 Å². The molecule has 6 rings (SSSR count). The summed E-state index contributed by atoms with van der Waals surface area (Å²) in [6, 6.07) is 11.2. The van der Waals surface area contributed by atoms with E-state index in [0.29, 0.717) is 22.4 Å². The van der Waals surface area contributed by atoms with Gasteiger partial charge in [-0.05, 0) is 30.7 Å². The van der Waals surface area contributed by atoms with E-state index in [9.17, 15) is 9.59 Å². The Kier molecular flexibility index (Phi) is 4.01. The average molecular weight is 425 g/mol. The number of nitrogens with zero attached hydrogens (tertiary/aromatic N) is 4. The molecular weight excluding hydrogens is 406 g/mol. The molecule has 0 spiro atoms. The van der Waals surface area contributed by atoms with Crippen molar-refractivity contribution in [1.82, 2.24) is 14.5 Å². The van der Waals surface area contributed by atoms with Crippen LogP contribution in [0.15, 0.2) is 66.0 Å². The zero-order chi connectivity index (χ0) is 21.8. The number of amides is 1. The number of rotatable bonds is 3. The smallest absolute Gasteiger partial charge is 0.254 e. The SMILES string of the molecule is NC(=O)c1cn2c3c(c(N4CCC(c5cnccn5)C4)ccc3c1=O)Oc1ccccc1-2. The number of aromatic nitrogens is 3. The van der Waals surface area contributed by atoms with E-state index in [1.807, 2.05) is 41.1 Å². The summed E-state index contributed by atoms with van der Waals surface area (Å²) in [5.74, 6) is 0.773. The monoisotopic (exact) mass is 425 g/mol. The maximum atomic E-state index is 13.0. The average Bonchev–Trinajstić information content (AvgIpc) is 3.31. The van der Waals surface area contributed by atoms with Crippen LogP contribution in [0.5, 0.6) is 11.5 Å². The van der Waals surface area contributed by atoms with Crippen LogP contribution in [0.2, 0.25) is 0 Å². The molecule has 4 aromatic rings. The molecule has 2 N–H and O–H groups in total. The van der Waals surface area contributed by atoms with E-state index in [0.717, 1.165) is 36.6 Å². The van der Waals surface area contributed by atoms with Crippen molar-refractivity contribution in [2.45, 2.75) is 12.3 Å². The zero-order valence-electron chi connectivity index (χ0n) is 17.1. The summed E-state index contributed by atoms with van der Waals surface area (Å²) < 4.78 is 8.18. The molecule has 2 aromatic carbocycles. The molecule has 1 amide bonds. The highest BCUT2D eigenvalue weighted by molar-refractivity contribution is 6.00. The third-order valence-corrected chi connectivity index (χ3v) is 6.23. The van der Waals surface area contributed by atoms with E-state index in [4.69, 9.17) is 10.5 Å². The number of para-hydroxylation sites is 2. The van der Waals surface area contributed by atoms with Crippen LogP contribution in [0.4, 0.5) is 5.69 Å². The standard InChI is InChI=1S/C24H19N5O3/c25-24(31)16-13-29-18-3-1-2-4-20(18)32-23-19(6-5-15(21(23)29)22(16)30)28-10-7-14(12-28)17-11-26-8-9-27-17/h1-6,8-9,11,13-14H,7,10,12H2,(H2,25,31). The highest BCUT2D eigenvalue weighted by atomic mass is 16.5. The van der Waals surface area contributed by atoms with Crippen LogP contribution in [-0.4, -0.2) is 33.5 Å². The first-order valence-corrected chi connectivity index (χ1v) is 10.4. The summed E-state index contributed by atoms with van der Waals surface area (Å²) in [7, 11) is 0. The Morgan fingerprint density at radius 1 is 1.12 bits per heavy atom. The Bertz CT molecular complexity index is 1450. The number of fused-ring (bicyclic) bond motifs is 2. The van der Waals surface area contributed by atoms with E-state index in [1.165, 1.54) is 6.20 Å². The molecule has 2 aliphatic heterocycles. The van der Waals surface area contributed by atoms with Crippen LogP contribution >= 0.6 is 0 Å². The summed E-state index contributed by atoms with van der Waals surface area (Å²) in [5, 5.41) is 0.402. The van der Waals surface area contributed by atoms with Crippen LogP contribution in [-0.2, 0) is 0 Å². The van der Waals surface area contributed by atoms with Gasteiger partial charge in [-0.3, -0.25) is 19.6 Å².